The standard InChI is InChI=1S/C13H17N3OS/c1-9-3-2-5-13(14,7-9)12-15-11(16-17-12)10-4-6-18-8-10/h4,6,8-9H,2-3,5,7,14H2,1H3. The summed E-state index contributed by atoms with van der Waals surface area (Å²) in [7, 11) is 0. The molecule has 1 aliphatic rings. The van der Waals surface area contributed by atoms with Crippen molar-refractivity contribution in [3.05, 3.63) is 22.7 Å². The lowest BCUT2D eigenvalue weighted by Crippen LogP contribution is -2.41. The summed E-state index contributed by atoms with van der Waals surface area (Å²) in [6.07, 6.45) is 4.24. The predicted molar refractivity (Wildman–Crippen MR) is 71.1 cm³/mol. The molecular formula is C13H17N3OS. The van der Waals surface area contributed by atoms with Crippen molar-refractivity contribution in [2.24, 2.45) is 11.7 Å². The molecule has 0 spiro atoms. The van der Waals surface area contributed by atoms with Gasteiger partial charge in [-0.25, -0.2) is 0 Å². The maximum absolute atomic E-state index is 6.44. The summed E-state index contributed by atoms with van der Waals surface area (Å²) in [6, 6.07) is 1.99. The van der Waals surface area contributed by atoms with Crippen molar-refractivity contribution in [3.8, 4) is 11.4 Å². The van der Waals surface area contributed by atoms with Crippen LogP contribution in [-0.2, 0) is 5.54 Å². The molecule has 0 bridgehead atoms. The van der Waals surface area contributed by atoms with Gasteiger partial charge >= 0.3 is 0 Å². The average Bonchev–Trinajstić information content (AvgIpc) is 3.00. The van der Waals surface area contributed by atoms with Crippen LogP contribution in [0.15, 0.2) is 21.3 Å². The van der Waals surface area contributed by atoms with E-state index >= 15 is 0 Å². The number of rotatable bonds is 2. The lowest BCUT2D eigenvalue weighted by Gasteiger charge is -2.33. The first-order chi connectivity index (χ1) is 8.67. The van der Waals surface area contributed by atoms with Crippen LogP contribution < -0.4 is 5.73 Å². The number of nitrogens with two attached hydrogens (primary N) is 1. The molecule has 0 amide bonds. The summed E-state index contributed by atoms with van der Waals surface area (Å²) in [4.78, 5) is 4.49. The van der Waals surface area contributed by atoms with E-state index in [1.54, 1.807) is 11.3 Å². The van der Waals surface area contributed by atoms with Crippen molar-refractivity contribution in [2.45, 2.75) is 38.1 Å². The summed E-state index contributed by atoms with van der Waals surface area (Å²) in [5.74, 6) is 1.87. The molecule has 0 aliphatic heterocycles. The van der Waals surface area contributed by atoms with Gasteiger partial charge in [-0.15, -0.1) is 0 Å². The van der Waals surface area contributed by atoms with E-state index in [4.69, 9.17) is 10.3 Å². The molecule has 1 saturated carbocycles. The summed E-state index contributed by atoms with van der Waals surface area (Å²) >= 11 is 1.63. The smallest absolute Gasteiger partial charge is 0.247 e. The highest BCUT2D eigenvalue weighted by Crippen LogP contribution is 2.37. The first-order valence-corrected chi connectivity index (χ1v) is 7.27. The average molecular weight is 263 g/mol. The largest absolute Gasteiger partial charge is 0.337 e. The Morgan fingerprint density at radius 3 is 3.17 bits per heavy atom. The molecule has 18 heavy (non-hydrogen) atoms. The molecular weight excluding hydrogens is 246 g/mol. The molecule has 1 aliphatic carbocycles. The fourth-order valence-corrected chi connectivity index (χ4v) is 3.36. The third-order valence-electron chi connectivity index (χ3n) is 3.66. The van der Waals surface area contributed by atoms with Crippen LogP contribution >= 0.6 is 11.3 Å². The molecule has 2 aromatic rings. The minimum Gasteiger partial charge on any atom is -0.337 e. The summed E-state index contributed by atoms with van der Waals surface area (Å²) in [5, 5.41) is 8.07. The van der Waals surface area contributed by atoms with Crippen LogP contribution in [0.5, 0.6) is 0 Å². The highest BCUT2D eigenvalue weighted by atomic mass is 32.1. The van der Waals surface area contributed by atoms with Crippen molar-refractivity contribution >= 4 is 11.3 Å². The third kappa shape index (κ3) is 2.08. The Kier molecular flexibility index (Phi) is 2.95. The topological polar surface area (TPSA) is 64.9 Å². The normalized spacial score (nSPS) is 28.4. The second-order valence-corrected chi connectivity index (χ2v) is 6.07. The van der Waals surface area contributed by atoms with Crippen molar-refractivity contribution in [2.75, 3.05) is 0 Å². The van der Waals surface area contributed by atoms with Crippen LogP contribution in [0, 0.1) is 5.92 Å². The lowest BCUT2D eigenvalue weighted by atomic mass is 9.77. The van der Waals surface area contributed by atoms with E-state index in [1.165, 1.54) is 6.42 Å². The number of hydrogen-bond acceptors (Lipinski definition) is 5. The minimum absolute atomic E-state index is 0.432. The SMILES string of the molecule is CC1CCCC(N)(c2nc(-c3ccsc3)no2)C1. The molecule has 5 heteroatoms. The Balaban J connectivity index is 1.88. The van der Waals surface area contributed by atoms with Crippen molar-refractivity contribution < 1.29 is 4.52 Å². The molecule has 4 nitrogen and oxygen atoms in total. The molecule has 1 fully saturated rings. The van der Waals surface area contributed by atoms with E-state index in [0.717, 1.165) is 24.8 Å². The summed E-state index contributed by atoms with van der Waals surface area (Å²) in [5.41, 5.74) is 7.01. The fraction of sp³-hybridized carbons (Fsp3) is 0.538. The van der Waals surface area contributed by atoms with Crippen molar-refractivity contribution in [3.63, 3.8) is 0 Å². The van der Waals surface area contributed by atoms with Crippen LogP contribution in [0.1, 0.15) is 38.5 Å². The highest BCUT2D eigenvalue weighted by Gasteiger charge is 2.37. The van der Waals surface area contributed by atoms with Gasteiger partial charge in [-0.1, -0.05) is 24.9 Å². The zero-order valence-corrected chi connectivity index (χ0v) is 11.2. The summed E-state index contributed by atoms with van der Waals surface area (Å²) in [6.45, 7) is 2.23. The minimum atomic E-state index is -0.432. The van der Waals surface area contributed by atoms with E-state index < -0.39 is 5.54 Å². The Morgan fingerprint density at radius 2 is 2.44 bits per heavy atom. The maximum Gasteiger partial charge on any atom is 0.247 e. The van der Waals surface area contributed by atoms with Crippen molar-refractivity contribution in [1.29, 1.82) is 0 Å². The Morgan fingerprint density at radius 1 is 1.56 bits per heavy atom. The molecule has 0 radical (unpaired) electrons. The first kappa shape index (κ1) is 11.9. The van der Waals surface area contributed by atoms with Gasteiger partial charge in [-0.3, -0.25) is 0 Å². The van der Waals surface area contributed by atoms with Crippen LogP contribution in [0.2, 0.25) is 0 Å². The monoisotopic (exact) mass is 263 g/mol. The van der Waals surface area contributed by atoms with Gasteiger partial charge in [0.1, 0.15) is 0 Å². The van der Waals surface area contributed by atoms with Crippen molar-refractivity contribution in [1.82, 2.24) is 10.1 Å². The van der Waals surface area contributed by atoms with Gasteiger partial charge in [0, 0.05) is 10.9 Å². The van der Waals surface area contributed by atoms with E-state index in [9.17, 15) is 0 Å². The van der Waals surface area contributed by atoms with E-state index in [1.807, 2.05) is 16.8 Å². The number of aromatic nitrogens is 2. The van der Waals surface area contributed by atoms with Crippen LogP contribution in [-0.4, -0.2) is 10.1 Å². The molecule has 2 unspecified atom stereocenters. The number of hydrogen-bond donors (Lipinski definition) is 1. The highest BCUT2D eigenvalue weighted by molar-refractivity contribution is 7.08. The van der Waals surface area contributed by atoms with Gasteiger partial charge in [0.05, 0.1) is 5.54 Å². The number of nitrogens with zero attached hydrogens (tertiary/aromatic N) is 2. The van der Waals surface area contributed by atoms with Gasteiger partial charge in [-0.2, -0.15) is 16.3 Å². The molecule has 2 aromatic heterocycles. The van der Waals surface area contributed by atoms with Gasteiger partial charge in [0.2, 0.25) is 11.7 Å². The van der Waals surface area contributed by atoms with E-state index in [0.29, 0.717) is 17.6 Å². The predicted octanol–water partition coefficient (Wildman–Crippen LogP) is 3.16. The van der Waals surface area contributed by atoms with Gasteiger partial charge < -0.3 is 10.3 Å². The molecule has 2 heterocycles. The molecule has 0 saturated heterocycles. The van der Waals surface area contributed by atoms with Gasteiger partial charge in [0.15, 0.2) is 0 Å². The summed E-state index contributed by atoms with van der Waals surface area (Å²) < 4.78 is 5.40. The second-order valence-electron chi connectivity index (χ2n) is 5.29. The van der Waals surface area contributed by atoms with Crippen LogP contribution in [0.4, 0.5) is 0 Å². The number of thiophene rings is 1. The van der Waals surface area contributed by atoms with Gasteiger partial charge in [-0.05, 0) is 30.2 Å². The Hall–Kier alpha value is -1.20. The molecule has 2 atom stereocenters. The van der Waals surface area contributed by atoms with Crippen LogP contribution in [0.25, 0.3) is 11.4 Å². The van der Waals surface area contributed by atoms with Gasteiger partial charge in [0.25, 0.3) is 0 Å². The quantitative estimate of drug-likeness (QED) is 0.903. The second kappa shape index (κ2) is 4.48. The maximum atomic E-state index is 6.44. The zero-order chi connectivity index (χ0) is 12.6. The Bertz CT molecular complexity index is 522. The fourth-order valence-electron chi connectivity index (χ4n) is 2.72. The lowest BCUT2D eigenvalue weighted by molar-refractivity contribution is 0.183. The van der Waals surface area contributed by atoms with E-state index in [-0.39, 0.29) is 0 Å². The zero-order valence-electron chi connectivity index (χ0n) is 10.4. The Labute approximate surface area is 110 Å². The molecule has 2 N–H and O–H groups in total. The van der Waals surface area contributed by atoms with Crippen LogP contribution in [0.3, 0.4) is 0 Å². The van der Waals surface area contributed by atoms with E-state index in [2.05, 4.69) is 17.1 Å². The molecule has 3 rings (SSSR count). The molecule has 0 aromatic carbocycles. The third-order valence-corrected chi connectivity index (χ3v) is 4.35. The first-order valence-electron chi connectivity index (χ1n) is 6.33. The molecule has 96 valence electrons.